The van der Waals surface area contributed by atoms with Crippen LogP contribution in [0.3, 0.4) is 0 Å². The number of carboxylic acids is 1. The van der Waals surface area contributed by atoms with Gasteiger partial charge in [0, 0.05) is 108 Å². The number of rotatable bonds is 12. The maximum absolute atomic E-state index is 12.3. The average molecular weight is 1700 g/mol. The van der Waals surface area contributed by atoms with Crippen molar-refractivity contribution in [1.82, 2.24) is 30.2 Å². The minimum absolute atomic E-state index is 0. The lowest BCUT2D eigenvalue weighted by molar-refractivity contribution is -0.142. The molecule has 29 nitrogen and oxygen atoms in total. The van der Waals surface area contributed by atoms with Gasteiger partial charge in [0.1, 0.15) is 45.4 Å². The number of aliphatic carboxylic acids is 1. The van der Waals surface area contributed by atoms with Crippen molar-refractivity contribution in [3.8, 4) is 115 Å². The van der Waals surface area contributed by atoms with Crippen LogP contribution in [0.2, 0.25) is 0 Å². The number of carbonyl (C=O) groups is 8. The maximum Gasteiger partial charge on any atom is 0.367 e. The van der Waals surface area contributed by atoms with Gasteiger partial charge in [-0.05, 0) is 142 Å². The summed E-state index contributed by atoms with van der Waals surface area (Å²) in [5.74, 6) is 19.5. The molecule has 0 saturated carbocycles. The number of nitrogens with zero attached hydrogens (tertiary/aromatic N) is 5. The molecule has 4 aliphatic heterocycles. The Morgan fingerprint density at radius 2 is 0.692 bits per heavy atom. The monoisotopic (exact) mass is 1700 g/mol. The zero-order chi connectivity index (χ0) is 85.5. The summed E-state index contributed by atoms with van der Waals surface area (Å²) in [6.45, 7) is 13.7. The third kappa shape index (κ3) is 25.8. The van der Waals surface area contributed by atoms with E-state index in [2.05, 4.69) is 72.6 Å². The standard InChI is InChI=1S/C21H23N3O4S.C21H21NO6S.C20H20N2O5S.C19H18N2O5S.C2H7N.ClH/c1-21(2,27)8-7-12-5-6-15-14(9-12)17-18(29-20(23-17)19(22)26)13(11-28-15)10-16(25)24(3)4;1-21(2,25)8-7-12-5-6-15-14(9-12)17-18(29-19(22-17)20(24)27-4)13(11-28-15)10-16(23)26-3;1-20(2,25)7-6-11-4-5-14-13(8-11)16-17(28-19(22-16)18(21)24)12(10-27-14)9-15(23)26-3;1-19(2,25)6-5-10-3-4-13-12(7-10)15-16(27-18(21-15)17(20)24)11(9-26-13)8-14(22)23;1-3-2;/h5-6,9,13,27H,10-11H2,1-4H3,(H2,22,26);5-6,9,13,25H,10-11H2,1-4H3;4-5,8,12,25H,9-10H2,1-3H3,(H2,21,24);3-4,7,11,25H,8-9H2,1-2H3,(H2,20,24)(H,22,23);3H,1-2H3;1H. The minimum atomic E-state index is -1.14. The summed E-state index contributed by atoms with van der Waals surface area (Å²) in [6.07, 6.45) is 0.293. The SMILES string of the molecule is CC(C)(O)C#Cc1ccc2c(c1)-c1nc(C(N)=O)sc1C(CC(=O)O)CO2.CN(C)C(=O)CC1COc2ccc(C#CC(C)(C)O)cc2-c2nc(C(N)=O)sc21.CNC.COC(=O)CC1COc2ccc(C#CC(C)(C)O)cc2-c2nc(C(=O)OC)sc21.COC(=O)CC1COc2ccc(C#CC(C)(C)O)cc2-c2nc(C(N)=O)sc21.Cl. The molecule has 12 N–H and O–H groups in total. The van der Waals surface area contributed by atoms with Crippen LogP contribution in [0.25, 0.3) is 45.0 Å². The van der Waals surface area contributed by atoms with Crippen molar-refractivity contribution >= 4 is 105 Å². The van der Waals surface area contributed by atoms with Crippen molar-refractivity contribution in [2.45, 2.75) is 127 Å². The number of hydrogen-bond donors (Lipinski definition) is 9. The Balaban J connectivity index is 0.000000212. The highest BCUT2D eigenvalue weighted by atomic mass is 35.5. The number of nitrogens with one attached hydrogen (secondary N) is 1. The number of methoxy groups -OCH3 is 3. The number of fused-ring (bicyclic) bond motifs is 12. The van der Waals surface area contributed by atoms with Crippen molar-refractivity contribution in [1.29, 1.82) is 0 Å². The Hall–Kier alpha value is -11.3. The largest absolute Gasteiger partial charge is 0.492 e. The molecule has 8 heterocycles. The summed E-state index contributed by atoms with van der Waals surface area (Å²) in [7, 11) is 11.1. The van der Waals surface area contributed by atoms with E-state index in [1.54, 1.807) is 136 Å². The van der Waals surface area contributed by atoms with E-state index in [1.807, 2.05) is 20.2 Å². The van der Waals surface area contributed by atoms with Crippen LogP contribution in [-0.2, 0) is 33.4 Å². The van der Waals surface area contributed by atoms with Crippen LogP contribution in [0.1, 0.15) is 186 Å². The third-order valence-electron chi connectivity index (χ3n) is 16.5. The summed E-state index contributed by atoms with van der Waals surface area (Å²) in [5.41, 5.74) is 19.2. The summed E-state index contributed by atoms with van der Waals surface area (Å²) < 4.78 is 38.0. The third-order valence-corrected chi connectivity index (χ3v) is 21.4. The Morgan fingerprint density at radius 1 is 0.444 bits per heavy atom. The first kappa shape index (κ1) is 92.9. The van der Waals surface area contributed by atoms with Gasteiger partial charge in [-0.15, -0.1) is 57.8 Å². The molecule has 4 aromatic carbocycles. The van der Waals surface area contributed by atoms with Gasteiger partial charge in [-0.3, -0.25) is 33.6 Å². The quantitative estimate of drug-likeness (QED) is 0.0313. The van der Waals surface area contributed by atoms with Gasteiger partial charge >= 0.3 is 23.9 Å². The normalized spacial score (nSPS) is 14.8. The van der Waals surface area contributed by atoms with Crippen LogP contribution in [0.5, 0.6) is 23.0 Å². The Bertz CT molecular complexity index is 5340. The lowest BCUT2D eigenvalue weighted by atomic mass is 9.99. The number of aliphatic hydroxyl groups is 4. The number of hydrogen-bond acceptors (Lipinski definition) is 28. The molecule has 4 atom stereocenters. The van der Waals surface area contributed by atoms with Gasteiger partial charge in [-0.25, -0.2) is 24.7 Å². The van der Waals surface area contributed by atoms with Crippen LogP contribution in [0.15, 0.2) is 72.8 Å². The van der Waals surface area contributed by atoms with Crippen molar-refractivity contribution in [3.05, 3.63) is 135 Å². The van der Waals surface area contributed by atoms with E-state index in [4.69, 9.17) is 50.4 Å². The van der Waals surface area contributed by atoms with E-state index >= 15 is 0 Å². The molecule has 4 aromatic heterocycles. The highest BCUT2D eigenvalue weighted by Gasteiger charge is 2.36. The molecule has 0 saturated heterocycles. The summed E-state index contributed by atoms with van der Waals surface area (Å²) in [4.78, 5) is 116. The molecule has 34 heteroatoms. The molecule has 4 aliphatic rings. The molecule has 8 aromatic rings. The van der Waals surface area contributed by atoms with Gasteiger partial charge in [0.2, 0.25) is 10.9 Å². The fraction of sp³-hybridized carbons (Fsp3) is 0.373. The number of amides is 4. The molecule has 0 aliphatic carbocycles. The fourth-order valence-corrected chi connectivity index (χ4v) is 15.2. The summed E-state index contributed by atoms with van der Waals surface area (Å²) in [5, 5.41) is 51.9. The number of carboxylic acid groups (broad SMARTS) is 1. The second-order valence-electron chi connectivity index (χ2n) is 28.8. The molecule has 4 amide bonds. The van der Waals surface area contributed by atoms with Crippen molar-refractivity contribution in [2.24, 2.45) is 17.2 Å². The molecule has 0 radical (unpaired) electrons. The molecule has 0 fully saturated rings. The van der Waals surface area contributed by atoms with Gasteiger partial charge < -0.3 is 86.1 Å². The smallest absolute Gasteiger partial charge is 0.367 e. The Kier molecular flexibility index (Phi) is 31.8. The van der Waals surface area contributed by atoms with Gasteiger partial charge in [0.05, 0.1) is 89.8 Å². The summed E-state index contributed by atoms with van der Waals surface area (Å²) >= 11 is 4.62. The molecular weight excluding hydrogens is 1610 g/mol. The van der Waals surface area contributed by atoms with E-state index in [1.165, 1.54) is 48.9 Å². The van der Waals surface area contributed by atoms with Crippen LogP contribution < -0.4 is 41.5 Å². The van der Waals surface area contributed by atoms with E-state index in [0.29, 0.717) is 95.2 Å². The predicted molar refractivity (Wildman–Crippen MR) is 444 cm³/mol. The maximum atomic E-state index is 12.3. The summed E-state index contributed by atoms with van der Waals surface area (Å²) in [6, 6.07) is 21.3. The van der Waals surface area contributed by atoms with E-state index in [0.717, 1.165) is 37.3 Å². The van der Waals surface area contributed by atoms with Gasteiger partial charge in [0.15, 0.2) is 15.0 Å². The van der Waals surface area contributed by atoms with Gasteiger partial charge in [0.25, 0.3) is 17.7 Å². The van der Waals surface area contributed by atoms with Crippen LogP contribution >= 0.6 is 57.8 Å². The number of benzene rings is 4. The topological polar surface area (TPSA) is 447 Å². The average Bonchev–Trinajstić information content (AvgIpc) is 1.65. The first-order valence-corrected chi connectivity index (χ1v) is 39.0. The van der Waals surface area contributed by atoms with Gasteiger partial charge in [-0.1, -0.05) is 47.4 Å². The van der Waals surface area contributed by atoms with Crippen LogP contribution in [0, 0.1) is 47.4 Å². The molecule has 117 heavy (non-hydrogen) atoms. The number of halogens is 1. The highest BCUT2D eigenvalue weighted by molar-refractivity contribution is 7.15. The second-order valence-corrected chi connectivity index (χ2v) is 32.9. The zero-order valence-corrected chi connectivity index (χ0v) is 70.8. The van der Waals surface area contributed by atoms with Crippen molar-refractivity contribution < 1.29 is 97.0 Å². The van der Waals surface area contributed by atoms with E-state index in [-0.39, 0.29) is 120 Å². The predicted octanol–water partition coefficient (Wildman–Crippen LogP) is 9.05. The number of carbonyl (C=O) groups excluding carboxylic acids is 7. The lowest BCUT2D eigenvalue weighted by Crippen LogP contribution is -2.25. The lowest BCUT2D eigenvalue weighted by Gasteiger charge is -2.17. The minimum Gasteiger partial charge on any atom is -0.492 e. The van der Waals surface area contributed by atoms with Crippen molar-refractivity contribution in [3.63, 3.8) is 0 Å². The van der Waals surface area contributed by atoms with Crippen LogP contribution in [-0.4, -0.2) is 196 Å². The zero-order valence-electron chi connectivity index (χ0n) is 66.8. The fourth-order valence-electron chi connectivity index (χ4n) is 11.1. The number of primary amides is 3. The first-order valence-electron chi connectivity index (χ1n) is 35.8. The molecule has 618 valence electrons. The molecule has 12 rings (SSSR count). The number of thiazole rings is 4. The number of ether oxygens (including phenoxy) is 7. The first-order chi connectivity index (χ1) is 54.5. The highest BCUT2D eigenvalue weighted by Crippen LogP contribution is 2.48. The Morgan fingerprint density at radius 3 is 0.923 bits per heavy atom. The second kappa shape index (κ2) is 40.0. The number of esters is 3. The van der Waals surface area contributed by atoms with E-state index < -0.39 is 58.0 Å². The number of nitrogens with two attached hydrogens (primary N) is 3. The number of aromatic nitrogens is 4. The van der Waals surface area contributed by atoms with Crippen molar-refractivity contribution in [2.75, 3.05) is 75.9 Å². The molecule has 0 bridgehead atoms. The molecular formula is C83H90ClN9O20S4. The Labute approximate surface area is 698 Å². The van der Waals surface area contributed by atoms with Crippen LogP contribution in [0.4, 0.5) is 0 Å². The molecule has 0 spiro atoms. The molecule has 4 unspecified atom stereocenters. The van der Waals surface area contributed by atoms with Gasteiger partial charge in [-0.2, -0.15) is 0 Å². The van der Waals surface area contributed by atoms with E-state index in [9.17, 15) is 63.9 Å².